The number of carbonyl (C=O) groups excluding carboxylic acids is 4. The molecule has 0 spiro atoms. The average Bonchev–Trinajstić information content (AvgIpc) is 3.11. The molecule has 1 aromatic rings. The molecule has 2 fully saturated rings. The molecule has 26 heavy (non-hydrogen) atoms. The quantitative estimate of drug-likeness (QED) is 0.284. The van der Waals surface area contributed by atoms with Crippen molar-refractivity contribution >= 4 is 46.3 Å². The molecule has 8 heteroatoms. The van der Waals surface area contributed by atoms with Crippen LogP contribution in [0.2, 0.25) is 0 Å². The van der Waals surface area contributed by atoms with Gasteiger partial charge in [-0.25, -0.2) is 4.79 Å². The maximum absolute atomic E-state index is 13.1. The molecule has 4 atom stereocenters. The van der Waals surface area contributed by atoms with E-state index in [2.05, 4.69) is 22.6 Å². The SMILES string of the molecule is COC(=O)[C@@H]1CC[C@@H](I)[C@H]2C[C@H](N3C(=O)c4ccccc4C3=O)C(=O)N21. The summed E-state index contributed by atoms with van der Waals surface area (Å²) in [5, 5.41) is 0. The number of hydrogen-bond donors (Lipinski definition) is 0. The zero-order valence-electron chi connectivity index (χ0n) is 14.1. The Morgan fingerprint density at radius 3 is 2.31 bits per heavy atom. The second-order valence-electron chi connectivity index (χ2n) is 6.72. The van der Waals surface area contributed by atoms with Crippen LogP contribution < -0.4 is 0 Å². The first-order valence-electron chi connectivity index (χ1n) is 8.46. The molecule has 136 valence electrons. The molecular weight excluding hydrogens is 451 g/mol. The number of benzene rings is 1. The number of amides is 3. The fraction of sp³-hybridized carbons (Fsp3) is 0.444. The van der Waals surface area contributed by atoms with Crippen molar-refractivity contribution in [2.75, 3.05) is 7.11 Å². The number of halogens is 1. The standard InChI is InChI=1S/C18H17IN2O5/c1-26-18(25)12-7-6-11(19)13-8-14(17(24)20(12)13)21-15(22)9-4-2-3-5-10(9)16(21)23/h2-5,11-14H,6-8H2,1H3/t11-,12+,13-,14+/m1/s1. The highest BCUT2D eigenvalue weighted by molar-refractivity contribution is 14.1. The van der Waals surface area contributed by atoms with Crippen molar-refractivity contribution < 1.29 is 23.9 Å². The molecule has 4 rings (SSSR count). The Balaban J connectivity index is 1.68. The number of methoxy groups -OCH3 is 1. The summed E-state index contributed by atoms with van der Waals surface area (Å²) in [4.78, 5) is 53.3. The van der Waals surface area contributed by atoms with E-state index in [-0.39, 0.29) is 15.9 Å². The van der Waals surface area contributed by atoms with Crippen LogP contribution in [0.1, 0.15) is 40.0 Å². The number of esters is 1. The molecule has 0 radical (unpaired) electrons. The molecular formula is C18H17IN2O5. The lowest BCUT2D eigenvalue weighted by molar-refractivity contribution is -0.154. The van der Waals surface area contributed by atoms with Crippen LogP contribution in [0.3, 0.4) is 0 Å². The van der Waals surface area contributed by atoms with Gasteiger partial charge in [0.1, 0.15) is 12.1 Å². The number of piperidine rings is 1. The minimum Gasteiger partial charge on any atom is -0.467 e. The number of carbonyl (C=O) groups is 4. The van der Waals surface area contributed by atoms with Crippen molar-refractivity contribution in [3.63, 3.8) is 0 Å². The number of alkyl halides is 1. The van der Waals surface area contributed by atoms with Gasteiger partial charge in [-0.2, -0.15) is 0 Å². The highest BCUT2D eigenvalue weighted by Crippen LogP contribution is 2.40. The summed E-state index contributed by atoms with van der Waals surface area (Å²) < 4.78 is 5.02. The van der Waals surface area contributed by atoms with Crippen LogP contribution in [0.4, 0.5) is 0 Å². The summed E-state index contributed by atoms with van der Waals surface area (Å²) in [7, 11) is 1.30. The maximum atomic E-state index is 13.1. The van der Waals surface area contributed by atoms with Crippen LogP contribution in [-0.4, -0.2) is 62.7 Å². The summed E-state index contributed by atoms with van der Waals surface area (Å²) in [6, 6.07) is 4.89. The fourth-order valence-corrected chi connectivity index (χ4v) is 5.21. The molecule has 7 nitrogen and oxygen atoms in total. The van der Waals surface area contributed by atoms with Gasteiger partial charge in [-0.3, -0.25) is 19.3 Å². The first-order valence-corrected chi connectivity index (χ1v) is 9.71. The zero-order valence-corrected chi connectivity index (χ0v) is 16.2. The lowest BCUT2D eigenvalue weighted by atomic mass is 9.96. The molecule has 3 amide bonds. The van der Waals surface area contributed by atoms with Gasteiger partial charge in [0.25, 0.3) is 11.8 Å². The minimum atomic E-state index is -0.866. The second-order valence-corrected chi connectivity index (χ2v) is 8.32. The molecule has 3 aliphatic rings. The van der Waals surface area contributed by atoms with Gasteiger partial charge in [-0.1, -0.05) is 34.7 Å². The first kappa shape index (κ1) is 17.4. The smallest absolute Gasteiger partial charge is 0.328 e. The normalized spacial score (nSPS) is 30.5. The van der Waals surface area contributed by atoms with E-state index in [1.54, 1.807) is 29.2 Å². The molecule has 2 saturated heterocycles. The second kappa shape index (κ2) is 6.33. The van der Waals surface area contributed by atoms with Gasteiger partial charge in [0.05, 0.1) is 18.2 Å². The zero-order chi connectivity index (χ0) is 18.6. The van der Waals surface area contributed by atoms with Crippen molar-refractivity contribution in [1.29, 1.82) is 0 Å². The predicted molar refractivity (Wildman–Crippen MR) is 98.8 cm³/mol. The van der Waals surface area contributed by atoms with E-state index >= 15 is 0 Å². The first-order chi connectivity index (χ1) is 12.5. The van der Waals surface area contributed by atoms with Crippen molar-refractivity contribution in [2.24, 2.45) is 0 Å². The van der Waals surface area contributed by atoms with Gasteiger partial charge in [-0.15, -0.1) is 0 Å². The van der Waals surface area contributed by atoms with Crippen LogP contribution >= 0.6 is 22.6 Å². The van der Waals surface area contributed by atoms with Crippen molar-refractivity contribution in [2.45, 2.75) is 41.3 Å². The van der Waals surface area contributed by atoms with Crippen molar-refractivity contribution in [1.82, 2.24) is 9.80 Å². The number of imide groups is 1. The van der Waals surface area contributed by atoms with Crippen LogP contribution in [0, 0.1) is 0 Å². The summed E-state index contributed by atoms with van der Waals surface area (Å²) in [5.74, 6) is -1.68. The van der Waals surface area contributed by atoms with E-state index in [0.29, 0.717) is 24.0 Å². The summed E-state index contributed by atoms with van der Waals surface area (Å²) >= 11 is 2.28. The molecule has 0 saturated carbocycles. The molecule has 1 aromatic carbocycles. The number of hydrogen-bond acceptors (Lipinski definition) is 5. The topological polar surface area (TPSA) is 84.0 Å². The summed E-state index contributed by atoms with van der Waals surface area (Å²) in [6.07, 6.45) is 1.66. The van der Waals surface area contributed by atoms with Crippen LogP contribution in [0.15, 0.2) is 24.3 Å². The van der Waals surface area contributed by atoms with E-state index < -0.39 is 29.9 Å². The Kier molecular flexibility index (Phi) is 4.25. The van der Waals surface area contributed by atoms with Gasteiger partial charge < -0.3 is 9.64 Å². The summed E-state index contributed by atoms with van der Waals surface area (Å²) in [5.41, 5.74) is 0.649. The third-order valence-electron chi connectivity index (χ3n) is 5.44. The molecule has 3 heterocycles. The Bertz CT molecular complexity index is 791. The lowest BCUT2D eigenvalue weighted by Crippen LogP contribution is -2.54. The van der Waals surface area contributed by atoms with Gasteiger partial charge in [0.2, 0.25) is 5.91 Å². The highest BCUT2D eigenvalue weighted by Gasteiger charge is 2.55. The highest BCUT2D eigenvalue weighted by atomic mass is 127. The van der Waals surface area contributed by atoms with Gasteiger partial charge in [0.15, 0.2) is 0 Å². The van der Waals surface area contributed by atoms with Crippen LogP contribution in [0.25, 0.3) is 0 Å². The molecule has 0 unspecified atom stereocenters. The van der Waals surface area contributed by atoms with E-state index in [1.165, 1.54) is 7.11 Å². The maximum Gasteiger partial charge on any atom is 0.328 e. The molecule has 0 N–H and O–H groups in total. The van der Waals surface area contributed by atoms with E-state index in [4.69, 9.17) is 4.74 Å². The van der Waals surface area contributed by atoms with Crippen molar-refractivity contribution in [3.8, 4) is 0 Å². The number of fused-ring (bicyclic) bond motifs is 2. The molecule has 0 bridgehead atoms. The van der Waals surface area contributed by atoms with Gasteiger partial charge in [-0.05, 0) is 31.4 Å². The Morgan fingerprint density at radius 1 is 1.12 bits per heavy atom. The molecule has 3 aliphatic heterocycles. The lowest BCUT2D eigenvalue weighted by Gasteiger charge is -2.38. The Morgan fingerprint density at radius 2 is 1.73 bits per heavy atom. The minimum absolute atomic E-state index is 0.164. The average molecular weight is 468 g/mol. The molecule has 0 aliphatic carbocycles. The van der Waals surface area contributed by atoms with Gasteiger partial charge in [0, 0.05) is 9.97 Å². The van der Waals surface area contributed by atoms with E-state index in [9.17, 15) is 19.2 Å². The third-order valence-corrected chi connectivity index (χ3v) is 6.89. The molecule has 0 aromatic heterocycles. The van der Waals surface area contributed by atoms with Crippen molar-refractivity contribution in [3.05, 3.63) is 35.4 Å². The number of nitrogens with zero attached hydrogens (tertiary/aromatic N) is 2. The Labute approximate surface area is 163 Å². The number of rotatable bonds is 2. The van der Waals surface area contributed by atoms with E-state index in [0.717, 1.165) is 11.3 Å². The van der Waals surface area contributed by atoms with Crippen LogP contribution in [-0.2, 0) is 14.3 Å². The van der Waals surface area contributed by atoms with E-state index in [1.807, 2.05) is 0 Å². The Hall–Kier alpha value is -1.97. The fourth-order valence-electron chi connectivity index (χ4n) is 4.21. The monoisotopic (exact) mass is 468 g/mol. The summed E-state index contributed by atoms with van der Waals surface area (Å²) in [6.45, 7) is 0. The van der Waals surface area contributed by atoms with Crippen LogP contribution in [0.5, 0.6) is 0 Å². The van der Waals surface area contributed by atoms with Gasteiger partial charge >= 0.3 is 5.97 Å². The predicted octanol–water partition coefficient (Wildman–Crippen LogP) is 1.39. The largest absolute Gasteiger partial charge is 0.467 e. The number of ether oxygens (including phenoxy) is 1. The third kappa shape index (κ3) is 2.38.